The molecule has 5 nitrogen and oxygen atoms in total. The number of anilines is 2. The van der Waals surface area contributed by atoms with Gasteiger partial charge in [-0.15, -0.1) is 0 Å². The number of nitrogens with zero attached hydrogens (tertiary/aromatic N) is 3. The summed E-state index contributed by atoms with van der Waals surface area (Å²) in [6.07, 6.45) is -0.0913. The molecule has 0 saturated carbocycles. The Kier molecular flexibility index (Phi) is 4.72. The summed E-state index contributed by atoms with van der Waals surface area (Å²) in [6.45, 7) is 3.68. The van der Waals surface area contributed by atoms with Crippen LogP contribution in [0.5, 0.6) is 6.01 Å². The van der Waals surface area contributed by atoms with Crippen molar-refractivity contribution in [2.45, 2.75) is 20.0 Å². The Balaban J connectivity index is 2.24. The minimum atomic E-state index is -0.395. The van der Waals surface area contributed by atoms with Gasteiger partial charge in [-0.3, -0.25) is 0 Å². The first kappa shape index (κ1) is 14.9. The second-order valence-electron chi connectivity index (χ2n) is 4.13. The van der Waals surface area contributed by atoms with E-state index in [2.05, 4.69) is 36.2 Å². The second kappa shape index (κ2) is 6.32. The van der Waals surface area contributed by atoms with Gasteiger partial charge in [-0.05, 0) is 59.6 Å². The summed E-state index contributed by atoms with van der Waals surface area (Å²) < 4.78 is 19.1. The van der Waals surface area contributed by atoms with Crippen LogP contribution in [0.15, 0.2) is 22.7 Å². The zero-order valence-electron chi connectivity index (χ0n) is 10.7. The van der Waals surface area contributed by atoms with Crippen LogP contribution in [0.1, 0.15) is 13.8 Å². The van der Waals surface area contributed by atoms with Crippen molar-refractivity contribution in [3.05, 3.63) is 33.8 Å². The highest BCUT2D eigenvalue weighted by atomic mass is 79.9. The number of aromatic nitrogens is 3. The van der Waals surface area contributed by atoms with Gasteiger partial charge in [0.2, 0.25) is 11.2 Å². The minimum Gasteiger partial charge on any atom is -0.461 e. The van der Waals surface area contributed by atoms with Crippen LogP contribution in [-0.2, 0) is 0 Å². The number of hydrogen-bond donors (Lipinski definition) is 1. The Morgan fingerprint density at radius 1 is 1.30 bits per heavy atom. The van der Waals surface area contributed by atoms with Gasteiger partial charge < -0.3 is 10.1 Å². The van der Waals surface area contributed by atoms with Crippen molar-refractivity contribution in [3.8, 4) is 6.01 Å². The monoisotopic (exact) mass is 360 g/mol. The van der Waals surface area contributed by atoms with E-state index in [9.17, 15) is 4.39 Å². The van der Waals surface area contributed by atoms with Gasteiger partial charge in [0.15, 0.2) is 0 Å². The largest absolute Gasteiger partial charge is 0.461 e. The third-order valence-electron chi connectivity index (χ3n) is 2.10. The van der Waals surface area contributed by atoms with E-state index in [-0.39, 0.29) is 23.3 Å². The van der Waals surface area contributed by atoms with Crippen molar-refractivity contribution in [1.82, 2.24) is 15.0 Å². The van der Waals surface area contributed by atoms with Gasteiger partial charge in [-0.25, -0.2) is 4.39 Å². The molecule has 0 spiro atoms. The summed E-state index contributed by atoms with van der Waals surface area (Å²) in [5.74, 6) is -0.212. The van der Waals surface area contributed by atoms with Crippen LogP contribution in [0.25, 0.3) is 0 Å². The number of halogens is 3. The molecule has 0 fully saturated rings. The summed E-state index contributed by atoms with van der Waals surface area (Å²) in [6, 6.07) is 4.67. The van der Waals surface area contributed by atoms with Crippen molar-refractivity contribution in [1.29, 1.82) is 0 Å². The van der Waals surface area contributed by atoms with Crippen LogP contribution in [0.4, 0.5) is 16.0 Å². The minimum absolute atomic E-state index is 0.00395. The van der Waals surface area contributed by atoms with Gasteiger partial charge in [0.1, 0.15) is 5.82 Å². The van der Waals surface area contributed by atoms with Crippen LogP contribution in [0.2, 0.25) is 5.28 Å². The fraction of sp³-hybridized carbons (Fsp3) is 0.250. The molecule has 0 aliphatic carbocycles. The highest BCUT2D eigenvalue weighted by molar-refractivity contribution is 9.10. The molecule has 1 heterocycles. The first-order valence-electron chi connectivity index (χ1n) is 5.74. The van der Waals surface area contributed by atoms with Gasteiger partial charge in [-0.1, -0.05) is 0 Å². The maximum atomic E-state index is 13.4. The molecule has 2 aromatic rings. The number of nitrogens with one attached hydrogen (secondary N) is 1. The summed E-state index contributed by atoms with van der Waals surface area (Å²) in [5, 5.41) is 2.83. The van der Waals surface area contributed by atoms with Gasteiger partial charge in [0, 0.05) is 5.69 Å². The molecule has 0 aliphatic heterocycles. The van der Waals surface area contributed by atoms with Gasteiger partial charge in [-0.2, -0.15) is 15.0 Å². The topological polar surface area (TPSA) is 59.9 Å². The molecular formula is C12H11BrClFN4O. The van der Waals surface area contributed by atoms with Crippen LogP contribution in [0, 0.1) is 5.82 Å². The normalized spacial score (nSPS) is 10.7. The molecule has 0 unspecified atom stereocenters. The lowest BCUT2D eigenvalue weighted by Crippen LogP contribution is -2.10. The van der Waals surface area contributed by atoms with E-state index < -0.39 is 5.82 Å². The van der Waals surface area contributed by atoms with Crippen LogP contribution < -0.4 is 10.1 Å². The Hall–Kier alpha value is -1.47. The average molecular weight is 362 g/mol. The molecule has 0 aliphatic rings. The lowest BCUT2D eigenvalue weighted by Gasteiger charge is -2.10. The van der Waals surface area contributed by atoms with Gasteiger partial charge in [0.05, 0.1) is 10.6 Å². The van der Waals surface area contributed by atoms with E-state index in [4.69, 9.17) is 16.3 Å². The van der Waals surface area contributed by atoms with Crippen molar-refractivity contribution >= 4 is 39.2 Å². The molecular weight excluding hydrogens is 351 g/mol. The SMILES string of the molecule is CC(C)Oc1nc(Cl)nc(Nc2ccc(Br)c(F)c2)n1. The summed E-state index contributed by atoms with van der Waals surface area (Å²) in [4.78, 5) is 11.8. The second-order valence-corrected chi connectivity index (χ2v) is 5.32. The summed E-state index contributed by atoms with van der Waals surface area (Å²) >= 11 is 8.87. The highest BCUT2D eigenvalue weighted by Crippen LogP contribution is 2.22. The Labute approximate surface area is 128 Å². The number of benzene rings is 1. The zero-order chi connectivity index (χ0) is 14.7. The molecule has 1 N–H and O–H groups in total. The Bertz CT molecular complexity index is 626. The third kappa shape index (κ3) is 4.01. The molecule has 0 atom stereocenters. The van der Waals surface area contributed by atoms with E-state index in [1.807, 2.05) is 13.8 Å². The number of rotatable bonds is 4. The zero-order valence-corrected chi connectivity index (χ0v) is 13.0. The van der Waals surface area contributed by atoms with Crippen molar-refractivity contribution in [3.63, 3.8) is 0 Å². The third-order valence-corrected chi connectivity index (χ3v) is 2.92. The van der Waals surface area contributed by atoms with Crippen LogP contribution in [-0.4, -0.2) is 21.1 Å². The van der Waals surface area contributed by atoms with Gasteiger partial charge >= 0.3 is 6.01 Å². The maximum absolute atomic E-state index is 13.4. The maximum Gasteiger partial charge on any atom is 0.322 e. The fourth-order valence-corrected chi connectivity index (χ4v) is 1.75. The highest BCUT2D eigenvalue weighted by Gasteiger charge is 2.09. The van der Waals surface area contributed by atoms with Crippen LogP contribution >= 0.6 is 27.5 Å². The van der Waals surface area contributed by atoms with Crippen molar-refractivity contribution in [2.75, 3.05) is 5.32 Å². The lowest BCUT2D eigenvalue weighted by atomic mass is 10.3. The van der Waals surface area contributed by atoms with Crippen molar-refractivity contribution < 1.29 is 9.13 Å². The molecule has 8 heteroatoms. The van der Waals surface area contributed by atoms with E-state index in [1.54, 1.807) is 12.1 Å². The van der Waals surface area contributed by atoms with Crippen LogP contribution in [0.3, 0.4) is 0 Å². The summed E-state index contributed by atoms with van der Waals surface area (Å²) in [5.41, 5.74) is 0.489. The predicted octanol–water partition coefficient (Wildman–Crippen LogP) is 3.96. The molecule has 0 amide bonds. The Morgan fingerprint density at radius 3 is 2.70 bits per heavy atom. The molecule has 0 radical (unpaired) electrons. The van der Waals surface area contributed by atoms with E-state index in [1.165, 1.54) is 6.07 Å². The lowest BCUT2D eigenvalue weighted by molar-refractivity contribution is 0.222. The Morgan fingerprint density at radius 2 is 2.05 bits per heavy atom. The standard InChI is InChI=1S/C12H11BrClFN4O/c1-6(2)20-12-18-10(14)17-11(19-12)16-7-3-4-8(13)9(15)5-7/h3-6H,1-2H3,(H,16,17,18,19). The molecule has 20 heavy (non-hydrogen) atoms. The molecule has 2 rings (SSSR count). The molecule has 1 aromatic heterocycles. The molecule has 0 saturated heterocycles. The first-order valence-corrected chi connectivity index (χ1v) is 6.91. The van der Waals surface area contributed by atoms with Crippen molar-refractivity contribution in [2.24, 2.45) is 0 Å². The van der Waals surface area contributed by atoms with E-state index in [0.717, 1.165) is 0 Å². The quantitative estimate of drug-likeness (QED) is 0.893. The van der Waals surface area contributed by atoms with E-state index in [0.29, 0.717) is 10.2 Å². The molecule has 1 aromatic carbocycles. The first-order chi connectivity index (χ1) is 9.44. The number of ether oxygens (including phenoxy) is 1. The number of hydrogen-bond acceptors (Lipinski definition) is 5. The average Bonchev–Trinajstić information content (AvgIpc) is 2.32. The predicted molar refractivity (Wildman–Crippen MR) is 78.0 cm³/mol. The van der Waals surface area contributed by atoms with Gasteiger partial charge in [0.25, 0.3) is 0 Å². The summed E-state index contributed by atoms with van der Waals surface area (Å²) in [7, 11) is 0. The van der Waals surface area contributed by atoms with E-state index >= 15 is 0 Å². The molecule has 0 bridgehead atoms. The fourth-order valence-electron chi connectivity index (χ4n) is 1.35. The molecule has 106 valence electrons. The smallest absolute Gasteiger partial charge is 0.322 e.